The summed E-state index contributed by atoms with van der Waals surface area (Å²) < 4.78 is 3.58. The lowest BCUT2D eigenvalue weighted by Crippen LogP contribution is -2.31. The Morgan fingerprint density at radius 1 is 1.11 bits per heavy atom. The number of nitrogens with zero attached hydrogens (tertiary/aromatic N) is 2. The number of aliphatic hydroxyl groups is 1. The van der Waals surface area contributed by atoms with Crippen LogP contribution < -0.4 is 4.57 Å². The van der Waals surface area contributed by atoms with Crippen LogP contribution in [0.3, 0.4) is 0 Å². The Morgan fingerprint density at radius 3 is 2.44 bits per heavy atom. The number of hydrogen-bond acceptors (Lipinski definition) is 4. The minimum absolute atomic E-state index is 0.0564. The van der Waals surface area contributed by atoms with Crippen LogP contribution >= 0.6 is 11.3 Å². The molecule has 18 heavy (non-hydrogen) atoms. The smallest absolute Gasteiger partial charge is 0.250 e. The first-order valence-electron chi connectivity index (χ1n) is 5.37. The van der Waals surface area contributed by atoms with E-state index >= 15 is 0 Å². The van der Waals surface area contributed by atoms with Crippen molar-refractivity contribution in [3.05, 3.63) is 54.9 Å². The van der Waals surface area contributed by atoms with Crippen LogP contribution in [0.25, 0.3) is 10.2 Å². The van der Waals surface area contributed by atoms with Crippen LogP contribution in [-0.4, -0.2) is 10.1 Å². The minimum atomic E-state index is 0.0564. The molecular weight excluding hydrogens is 264 g/mol. The van der Waals surface area contributed by atoms with Gasteiger partial charge in [-0.1, -0.05) is 24.3 Å². The second kappa shape index (κ2) is 6.39. The van der Waals surface area contributed by atoms with Gasteiger partial charge in [0.15, 0.2) is 12.4 Å². The summed E-state index contributed by atoms with van der Waals surface area (Å²) in [5, 5.41) is 8.50. The number of pyridine rings is 1. The molecule has 0 fully saturated rings. The fourth-order valence-electron chi connectivity index (χ4n) is 1.38. The average Bonchev–Trinajstić information content (AvgIpc) is 2.80. The van der Waals surface area contributed by atoms with Gasteiger partial charge in [0, 0.05) is 12.1 Å². The summed E-state index contributed by atoms with van der Waals surface area (Å²) in [6.45, 7) is 0.0564. The summed E-state index contributed by atoms with van der Waals surface area (Å²) in [5.74, 6) is 0. The number of para-hydroxylation sites is 1. The van der Waals surface area contributed by atoms with Crippen LogP contribution in [0.15, 0.2) is 59.2 Å². The topological polar surface area (TPSA) is 37.0 Å². The lowest BCUT2D eigenvalue weighted by atomic mass is 10.3. The largest absolute Gasteiger partial charge is 0.408 e. The third kappa shape index (κ3) is 3.46. The molecule has 0 unspecified atom stereocenters. The summed E-state index contributed by atoms with van der Waals surface area (Å²) in [5.41, 5.74) is 1.01. The van der Waals surface area contributed by atoms with Crippen molar-refractivity contribution >= 4 is 34.2 Å². The number of rotatable bonds is 1. The van der Waals surface area contributed by atoms with E-state index in [1.807, 2.05) is 42.5 Å². The van der Waals surface area contributed by atoms with E-state index in [4.69, 9.17) is 17.7 Å². The number of fused-ring (bicyclic) bond motifs is 1. The summed E-state index contributed by atoms with van der Waals surface area (Å²) in [6.07, 6.45) is 3.61. The number of aromatic nitrogens is 2. The summed E-state index contributed by atoms with van der Waals surface area (Å²) >= 11 is 6.48. The van der Waals surface area contributed by atoms with E-state index in [-0.39, 0.29) is 6.73 Å². The predicted octanol–water partition coefficient (Wildman–Crippen LogP) is 2.13. The van der Waals surface area contributed by atoms with Gasteiger partial charge in [-0.05, 0) is 15.1 Å². The highest BCUT2D eigenvalue weighted by Crippen LogP contribution is 2.20. The van der Waals surface area contributed by atoms with Gasteiger partial charge < -0.3 is 29.1 Å². The summed E-state index contributed by atoms with van der Waals surface area (Å²) in [6, 6.07) is 13.6. The van der Waals surface area contributed by atoms with Crippen molar-refractivity contribution in [2.24, 2.45) is 0 Å². The first kappa shape index (κ1) is 12.9. The van der Waals surface area contributed by atoms with Crippen molar-refractivity contribution in [1.82, 2.24) is 4.98 Å². The first-order valence-corrected chi connectivity index (χ1v) is 6.59. The molecule has 0 aliphatic heterocycles. The third-order valence-corrected chi connectivity index (χ3v) is 3.39. The van der Waals surface area contributed by atoms with Crippen LogP contribution in [0.4, 0.5) is 0 Å². The van der Waals surface area contributed by atoms with Gasteiger partial charge in [0.2, 0.25) is 6.73 Å². The zero-order chi connectivity index (χ0) is 12.8. The molecule has 0 spiro atoms. The molecule has 0 atom stereocenters. The van der Waals surface area contributed by atoms with Gasteiger partial charge in [-0.2, -0.15) is 4.57 Å². The monoisotopic (exact) mass is 276 g/mol. The molecule has 0 saturated carbocycles. The molecule has 3 rings (SSSR count). The van der Waals surface area contributed by atoms with Crippen molar-refractivity contribution < 1.29 is 9.67 Å². The SMILES string of the molecule is OC[n+]1ccccc1.[S-]c1nc2ccccc2s1. The molecule has 2 aromatic heterocycles. The highest BCUT2D eigenvalue weighted by molar-refractivity contribution is 7.63. The number of thiazole rings is 1. The van der Waals surface area contributed by atoms with Crippen LogP contribution in [0.1, 0.15) is 0 Å². The Balaban J connectivity index is 0.000000138. The lowest BCUT2D eigenvalue weighted by Gasteiger charge is -1.85. The highest BCUT2D eigenvalue weighted by atomic mass is 32.2. The Hall–Kier alpha value is -1.56. The summed E-state index contributed by atoms with van der Waals surface area (Å²) in [7, 11) is 0. The normalized spacial score (nSPS) is 9.83. The molecule has 3 nitrogen and oxygen atoms in total. The Kier molecular flexibility index (Phi) is 4.58. The molecule has 3 aromatic rings. The molecule has 5 heteroatoms. The molecule has 0 aliphatic rings. The fraction of sp³-hybridized carbons (Fsp3) is 0.0769. The first-order chi connectivity index (χ1) is 8.79. The second-order valence-electron chi connectivity index (χ2n) is 3.48. The van der Waals surface area contributed by atoms with Crippen molar-refractivity contribution in [2.75, 3.05) is 0 Å². The zero-order valence-electron chi connectivity index (χ0n) is 9.56. The molecule has 0 saturated heterocycles. The van der Waals surface area contributed by atoms with Crippen molar-refractivity contribution in [1.29, 1.82) is 0 Å². The van der Waals surface area contributed by atoms with Gasteiger partial charge in [-0.25, -0.2) is 0 Å². The van der Waals surface area contributed by atoms with E-state index in [1.165, 1.54) is 4.70 Å². The van der Waals surface area contributed by atoms with Gasteiger partial charge in [0.05, 0.1) is 5.52 Å². The highest BCUT2D eigenvalue weighted by Gasteiger charge is 1.88. The van der Waals surface area contributed by atoms with E-state index in [0.717, 1.165) is 9.86 Å². The van der Waals surface area contributed by atoms with Gasteiger partial charge >= 0.3 is 0 Å². The molecule has 0 amide bonds. The van der Waals surface area contributed by atoms with Gasteiger partial charge in [0.1, 0.15) is 0 Å². The van der Waals surface area contributed by atoms with Crippen LogP contribution in [0.2, 0.25) is 0 Å². The maximum absolute atomic E-state index is 8.50. The third-order valence-electron chi connectivity index (χ3n) is 2.21. The Morgan fingerprint density at radius 2 is 1.83 bits per heavy atom. The molecule has 1 aromatic carbocycles. The van der Waals surface area contributed by atoms with E-state index in [9.17, 15) is 0 Å². The maximum atomic E-state index is 8.50. The number of hydrogen-bond donors (Lipinski definition) is 1. The van der Waals surface area contributed by atoms with Gasteiger partial charge in [-0.3, -0.25) is 4.98 Å². The van der Waals surface area contributed by atoms with Crippen molar-refractivity contribution in [3.63, 3.8) is 0 Å². The molecule has 92 valence electrons. The van der Waals surface area contributed by atoms with Gasteiger partial charge in [0.25, 0.3) is 0 Å². The van der Waals surface area contributed by atoms with E-state index in [2.05, 4.69) is 4.98 Å². The minimum Gasteiger partial charge on any atom is -0.408 e. The molecule has 0 bridgehead atoms. The molecular formula is C13H12N2OS2. The van der Waals surface area contributed by atoms with Crippen LogP contribution in [0.5, 0.6) is 0 Å². The van der Waals surface area contributed by atoms with Crippen LogP contribution in [0, 0.1) is 0 Å². The quantitative estimate of drug-likeness (QED) is 0.546. The van der Waals surface area contributed by atoms with Crippen LogP contribution in [-0.2, 0) is 19.4 Å². The maximum Gasteiger partial charge on any atom is 0.250 e. The van der Waals surface area contributed by atoms with E-state index in [0.29, 0.717) is 0 Å². The summed E-state index contributed by atoms with van der Waals surface area (Å²) in [4.78, 5) is 4.15. The lowest BCUT2D eigenvalue weighted by molar-refractivity contribution is -0.729. The molecule has 2 heterocycles. The second-order valence-corrected chi connectivity index (χ2v) is 5.15. The number of benzene rings is 1. The van der Waals surface area contributed by atoms with Gasteiger partial charge in [-0.15, -0.1) is 0 Å². The molecule has 0 aliphatic carbocycles. The van der Waals surface area contributed by atoms with Crippen molar-refractivity contribution in [2.45, 2.75) is 11.1 Å². The average molecular weight is 276 g/mol. The van der Waals surface area contributed by atoms with E-state index < -0.39 is 0 Å². The standard InChI is InChI=1S/C7H5NS2.C6H8NO/c9-7-8-5-3-1-2-4-6(5)10-7;8-6-7-4-2-1-3-5-7/h1-4H,(H,8,9);1-5,8H,6H2/q;+1/p-1. The number of aliphatic hydroxyl groups excluding tert-OH is 1. The zero-order valence-corrected chi connectivity index (χ0v) is 11.2. The molecule has 1 N–H and O–H groups in total. The Labute approximate surface area is 115 Å². The van der Waals surface area contributed by atoms with Crippen molar-refractivity contribution in [3.8, 4) is 0 Å². The molecule has 0 radical (unpaired) electrons. The Bertz CT molecular complexity index is 577. The predicted molar refractivity (Wildman–Crippen MR) is 74.1 cm³/mol. The van der Waals surface area contributed by atoms with E-state index in [1.54, 1.807) is 28.3 Å². The fourth-order valence-corrected chi connectivity index (χ4v) is 2.44.